The van der Waals surface area contributed by atoms with E-state index in [9.17, 15) is 0 Å². The lowest BCUT2D eigenvalue weighted by molar-refractivity contribution is 0.120. The Hall–Kier alpha value is -2.11. The van der Waals surface area contributed by atoms with Crippen LogP contribution in [0.5, 0.6) is 0 Å². The lowest BCUT2D eigenvalue weighted by Crippen LogP contribution is -2.20. The number of rotatable bonds is 4. The molecule has 0 spiro atoms. The summed E-state index contributed by atoms with van der Waals surface area (Å²) in [5, 5.41) is 8.70. The number of anilines is 1. The molecule has 0 amide bonds. The van der Waals surface area contributed by atoms with Gasteiger partial charge in [0.2, 0.25) is 0 Å². The normalized spacial score (nSPS) is 17.5. The van der Waals surface area contributed by atoms with Crippen LogP contribution in [0.3, 0.4) is 0 Å². The fourth-order valence-corrected chi connectivity index (χ4v) is 3.19. The Bertz CT molecular complexity index is 853. The molecule has 1 atom stereocenters. The van der Waals surface area contributed by atoms with Gasteiger partial charge in [0.1, 0.15) is 5.82 Å². The van der Waals surface area contributed by atoms with E-state index in [0.717, 1.165) is 59.3 Å². The van der Waals surface area contributed by atoms with Crippen LogP contribution in [0.15, 0.2) is 36.5 Å². The van der Waals surface area contributed by atoms with Gasteiger partial charge in [-0.15, -0.1) is 0 Å². The van der Waals surface area contributed by atoms with Crippen molar-refractivity contribution in [3.63, 3.8) is 0 Å². The van der Waals surface area contributed by atoms with Crippen molar-refractivity contribution >= 4 is 23.1 Å². The maximum absolute atomic E-state index is 5.99. The Morgan fingerprint density at radius 3 is 2.92 bits per heavy atom. The van der Waals surface area contributed by atoms with E-state index in [1.54, 1.807) is 0 Å². The molecular weight excluding hydrogens is 324 g/mol. The minimum Gasteiger partial charge on any atom is -0.376 e. The molecule has 1 aromatic carbocycles. The van der Waals surface area contributed by atoms with Gasteiger partial charge in [0, 0.05) is 35.5 Å². The topological polar surface area (TPSA) is 51.5 Å². The second kappa shape index (κ2) is 6.42. The van der Waals surface area contributed by atoms with Crippen LogP contribution in [0, 0.1) is 6.92 Å². The third-order valence-corrected chi connectivity index (χ3v) is 4.54. The number of ether oxygens (including phenoxy) is 1. The lowest BCUT2D eigenvalue weighted by Gasteiger charge is -2.13. The van der Waals surface area contributed by atoms with Crippen molar-refractivity contribution in [3.8, 4) is 11.1 Å². The molecule has 6 heteroatoms. The number of hydrogen-bond acceptors (Lipinski definition) is 4. The molecule has 0 radical (unpaired) electrons. The zero-order valence-electron chi connectivity index (χ0n) is 13.5. The number of halogens is 1. The molecule has 0 bridgehead atoms. The molecular formula is C18H19ClN4O. The highest BCUT2D eigenvalue weighted by Crippen LogP contribution is 2.27. The van der Waals surface area contributed by atoms with Crippen LogP contribution in [0.2, 0.25) is 5.02 Å². The van der Waals surface area contributed by atoms with E-state index in [0.29, 0.717) is 0 Å². The Morgan fingerprint density at radius 2 is 2.17 bits per heavy atom. The first-order valence-electron chi connectivity index (χ1n) is 8.17. The highest BCUT2D eigenvalue weighted by atomic mass is 35.5. The predicted octanol–water partition coefficient (Wildman–Crippen LogP) is 3.95. The summed E-state index contributed by atoms with van der Waals surface area (Å²) in [5.41, 5.74) is 3.84. The smallest absolute Gasteiger partial charge is 0.165 e. The van der Waals surface area contributed by atoms with Crippen LogP contribution in [-0.2, 0) is 4.74 Å². The van der Waals surface area contributed by atoms with Crippen LogP contribution in [0.25, 0.3) is 16.8 Å². The maximum Gasteiger partial charge on any atom is 0.165 e. The monoisotopic (exact) mass is 342 g/mol. The van der Waals surface area contributed by atoms with E-state index in [4.69, 9.17) is 16.3 Å². The number of benzene rings is 1. The minimum atomic E-state index is 0.278. The molecule has 1 saturated heterocycles. The zero-order chi connectivity index (χ0) is 16.5. The van der Waals surface area contributed by atoms with Crippen molar-refractivity contribution in [2.75, 3.05) is 18.5 Å². The van der Waals surface area contributed by atoms with Gasteiger partial charge >= 0.3 is 0 Å². The molecule has 0 aliphatic carbocycles. The molecule has 24 heavy (non-hydrogen) atoms. The summed E-state index contributed by atoms with van der Waals surface area (Å²) in [5.74, 6) is 0.938. The van der Waals surface area contributed by atoms with Crippen molar-refractivity contribution in [3.05, 3.63) is 47.2 Å². The molecule has 4 rings (SSSR count). The SMILES string of the molecule is Cc1cc(NCC2CCCO2)n2ncc(-c3ccc(Cl)cc3)c2n1. The molecule has 3 heterocycles. The summed E-state index contributed by atoms with van der Waals surface area (Å²) in [4.78, 5) is 4.67. The van der Waals surface area contributed by atoms with Crippen molar-refractivity contribution in [1.29, 1.82) is 0 Å². The highest BCUT2D eigenvalue weighted by Gasteiger charge is 2.17. The van der Waals surface area contributed by atoms with Gasteiger partial charge in [-0.1, -0.05) is 23.7 Å². The van der Waals surface area contributed by atoms with Crippen LogP contribution in [0.1, 0.15) is 18.5 Å². The Balaban J connectivity index is 1.69. The third kappa shape index (κ3) is 2.97. The fourth-order valence-electron chi connectivity index (χ4n) is 3.07. The van der Waals surface area contributed by atoms with Crippen LogP contribution in [0.4, 0.5) is 5.82 Å². The summed E-state index contributed by atoms with van der Waals surface area (Å²) in [6, 6.07) is 9.76. The van der Waals surface area contributed by atoms with Gasteiger partial charge in [-0.3, -0.25) is 0 Å². The standard InChI is InChI=1S/C18H19ClN4O/c1-12-9-17(20-10-15-3-2-8-24-15)23-18(22-12)16(11-21-23)13-4-6-14(19)7-5-13/h4-7,9,11,15,20H,2-3,8,10H2,1H3. The van der Waals surface area contributed by atoms with E-state index in [1.165, 1.54) is 0 Å². The molecule has 1 N–H and O–H groups in total. The second-order valence-electron chi connectivity index (χ2n) is 6.10. The zero-order valence-corrected chi connectivity index (χ0v) is 14.3. The molecule has 0 saturated carbocycles. The molecule has 1 unspecified atom stereocenters. The van der Waals surface area contributed by atoms with E-state index in [-0.39, 0.29) is 6.10 Å². The van der Waals surface area contributed by atoms with Crippen LogP contribution < -0.4 is 5.32 Å². The number of nitrogens with zero attached hydrogens (tertiary/aromatic N) is 3. The Morgan fingerprint density at radius 1 is 1.33 bits per heavy atom. The number of aromatic nitrogens is 3. The lowest BCUT2D eigenvalue weighted by atomic mass is 10.1. The van der Waals surface area contributed by atoms with Crippen molar-refractivity contribution in [2.45, 2.75) is 25.9 Å². The van der Waals surface area contributed by atoms with Gasteiger partial charge in [-0.25, -0.2) is 4.98 Å². The number of hydrogen-bond donors (Lipinski definition) is 1. The van der Waals surface area contributed by atoms with Crippen molar-refractivity contribution in [1.82, 2.24) is 14.6 Å². The van der Waals surface area contributed by atoms with Gasteiger partial charge in [-0.05, 0) is 37.5 Å². The first-order valence-corrected chi connectivity index (χ1v) is 8.55. The molecule has 1 aliphatic heterocycles. The van der Waals surface area contributed by atoms with E-state index < -0.39 is 0 Å². The summed E-state index contributed by atoms with van der Waals surface area (Å²) in [6.45, 7) is 3.64. The molecule has 5 nitrogen and oxygen atoms in total. The maximum atomic E-state index is 5.99. The van der Waals surface area contributed by atoms with E-state index in [2.05, 4.69) is 15.4 Å². The first kappa shape index (κ1) is 15.4. The number of aryl methyl sites for hydroxylation is 1. The van der Waals surface area contributed by atoms with E-state index >= 15 is 0 Å². The average molecular weight is 343 g/mol. The minimum absolute atomic E-state index is 0.278. The fraction of sp³-hybridized carbons (Fsp3) is 0.333. The van der Waals surface area contributed by atoms with Gasteiger partial charge in [-0.2, -0.15) is 9.61 Å². The van der Waals surface area contributed by atoms with Crippen molar-refractivity contribution < 1.29 is 4.74 Å². The summed E-state index contributed by atoms with van der Waals surface area (Å²) >= 11 is 5.99. The molecule has 124 valence electrons. The van der Waals surface area contributed by atoms with Gasteiger partial charge in [0.15, 0.2) is 5.65 Å². The van der Waals surface area contributed by atoms with Gasteiger partial charge in [0.05, 0.1) is 12.3 Å². The number of nitrogens with one attached hydrogen (secondary N) is 1. The first-order chi connectivity index (χ1) is 11.7. The summed E-state index contributed by atoms with van der Waals surface area (Å²) in [6.07, 6.45) is 4.37. The van der Waals surface area contributed by atoms with Crippen LogP contribution in [-0.4, -0.2) is 33.9 Å². The Labute approximate surface area is 145 Å². The average Bonchev–Trinajstić information content (AvgIpc) is 3.23. The number of fused-ring (bicyclic) bond motifs is 1. The Kier molecular flexibility index (Phi) is 4.12. The van der Waals surface area contributed by atoms with Crippen molar-refractivity contribution in [2.24, 2.45) is 0 Å². The largest absolute Gasteiger partial charge is 0.376 e. The molecule has 2 aromatic heterocycles. The van der Waals surface area contributed by atoms with Gasteiger partial charge in [0.25, 0.3) is 0 Å². The summed E-state index contributed by atoms with van der Waals surface area (Å²) < 4.78 is 7.54. The second-order valence-corrected chi connectivity index (χ2v) is 6.54. The third-order valence-electron chi connectivity index (χ3n) is 4.29. The molecule has 1 aliphatic rings. The predicted molar refractivity (Wildman–Crippen MR) is 95.6 cm³/mol. The molecule has 1 fully saturated rings. The highest BCUT2D eigenvalue weighted by molar-refractivity contribution is 6.30. The van der Waals surface area contributed by atoms with Crippen LogP contribution >= 0.6 is 11.6 Å². The van der Waals surface area contributed by atoms with E-state index in [1.807, 2.05) is 48.0 Å². The van der Waals surface area contributed by atoms with Gasteiger partial charge < -0.3 is 10.1 Å². The molecule has 3 aromatic rings. The quantitative estimate of drug-likeness (QED) is 0.780. The summed E-state index contributed by atoms with van der Waals surface area (Å²) in [7, 11) is 0.